The summed E-state index contributed by atoms with van der Waals surface area (Å²) in [5, 5.41) is 2.63. The van der Waals surface area contributed by atoms with Crippen molar-refractivity contribution in [3.8, 4) is 0 Å². The van der Waals surface area contributed by atoms with Crippen molar-refractivity contribution in [2.45, 2.75) is 24.3 Å². The fraction of sp³-hybridized carbons (Fsp3) is 0.167. The van der Waals surface area contributed by atoms with Gasteiger partial charge in [0.15, 0.2) is 22.6 Å². The van der Waals surface area contributed by atoms with Crippen LogP contribution in [0.1, 0.15) is 24.2 Å². The number of imidazole rings is 1. The third-order valence-corrected chi connectivity index (χ3v) is 4.70. The number of aromatic amines is 1. The van der Waals surface area contributed by atoms with Crippen LogP contribution in [-0.2, 0) is 4.79 Å². The highest BCUT2D eigenvalue weighted by Crippen LogP contribution is 2.25. The Labute approximate surface area is 152 Å². The molecule has 3 aromatic rings. The van der Waals surface area contributed by atoms with Gasteiger partial charge in [0.05, 0.1) is 16.3 Å². The van der Waals surface area contributed by atoms with Crippen LogP contribution >= 0.6 is 11.8 Å². The number of carbonyl (C=O) groups is 2. The van der Waals surface area contributed by atoms with E-state index in [2.05, 4.69) is 15.3 Å². The molecule has 0 fully saturated rings. The number of ketones is 1. The van der Waals surface area contributed by atoms with Gasteiger partial charge in [-0.1, -0.05) is 11.8 Å². The second-order valence-electron chi connectivity index (χ2n) is 5.71. The molecule has 0 aliphatic carbocycles. The first-order valence-corrected chi connectivity index (χ1v) is 8.64. The smallest absolute Gasteiger partial charge is 0.237 e. The van der Waals surface area contributed by atoms with Gasteiger partial charge in [-0.2, -0.15) is 0 Å². The highest BCUT2D eigenvalue weighted by molar-refractivity contribution is 8.00. The van der Waals surface area contributed by atoms with E-state index in [1.807, 2.05) is 0 Å². The Morgan fingerprint density at radius 2 is 1.81 bits per heavy atom. The molecular weight excluding hydrogens is 360 g/mol. The molecule has 1 atom stereocenters. The molecule has 0 aliphatic heterocycles. The molecular formula is C18H15F2N3O2S. The van der Waals surface area contributed by atoms with Crippen molar-refractivity contribution < 1.29 is 18.4 Å². The standard InChI is InChI=1S/C18H15F2N3O2S/c1-9(24)11-3-5-12(6-4-11)21-17(25)10(2)26-18-22-15-7-13(19)14(20)8-16(15)23-18/h3-8,10H,1-2H3,(H,21,25)(H,22,23). The molecule has 3 rings (SSSR count). The van der Waals surface area contributed by atoms with E-state index in [0.717, 1.165) is 23.9 Å². The molecule has 26 heavy (non-hydrogen) atoms. The summed E-state index contributed by atoms with van der Waals surface area (Å²) < 4.78 is 26.5. The summed E-state index contributed by atoms with van der Waals surface area (Å²) in [4.78, 5) is 30.6. The van der Waals surface area contributed by atoms with Gasteiger partial charge in [-0.3, -0.25) is 9.59 Å². The van der Waals surface area contributed by atoms with E-state index in [0.29, 0.717) is 27.4 Å². The maximum Gasteiger partial charge on any atom is 0.237 e. The number of Topliss-reactive ketones (excluding diaryl/α,β-unsaturated/α-hetero) is 1. The number of H-pyrrole nitrogens is 1. The van der Waals surface area contributed by atoms with Crippen LogP contribution in [0, 0.1) is 11.6 Å². The fourth-order valence-corrected chi connectivity index (χ4v) is 3.11. The Morgan fingerprint density at radius 3 is 2.46 bits per heavy atom. The monoisotopic (exact) mass is 375 g/mol. The number of carbonyl (C=O) groups excluding carboxylic acids is 2. The van der Waals surface area contributed by atoms with Crippen LogP contribution in [0.3, 0.4) is 0 Å². The summed E-state index contributed by atoms with van der Waals surface area (Å²) in [6, 6.07) is 8.61. The van der Waals surface area contributed by atoms with E-state index in [9.17, 15) is 18.4 Å². The lowest BCUT2D eigenvalue weighted by Crippen LogP contribution is -2.22. The number of hydrogen-bond acceptors (Lipinski definition) is 4. The molecule has 5 nitrogen and oxygen atoms in total. The Morgan fingerprint density at radius 1 is 1.15 bits per heavy atom. The number of nitrogens with zero attached hydrogens (tertiary/aromatic N) is 1. The Hall–Kier alpha value is -2.74. The summed E-state index contributed by atoms with van der Waals surface area (Å²) in [5.74, 6) is -2.24. The lowest BCUT2D eigenvalue weighted by molar-refractivity contribution is -0.115. The van der Waals surface area contributed by atoms with Crippen LogP contribution in [0.5, 0.6) is 0 Å². The predicted octanol–water partition coefficient (Wildman–Crippen LogP) is 4.16. The topological polar surface area (TPSA) is 74.8 Å². The van der Waals surface area contributed by atoms with Crippen LogP contribution in [0.15, 0.2) is 41.6 Å². The van der Waals surface area contributed by atoms with Crippen LogP contribution in [0.25, 0.3) is 11.0 Å². The van der Waals surface area contributed by atoms with Crippen molar-refractivity contribution in [2.24, 2.45) is 0 Å². The summed E-state index contributed by atoms with van der Waals surface area (Å²) >= 11 is 1.14. The maximum atomic E-state index is 13.3. The number of fused-ring (bicyclic) bond motifs is 1. The molecule has 0 bridgehead atoms. The van der Waals surface area contributed by atoms with Crippen molar-refractivity contribution in [1.29, 1.82) is 0 Å². The van der Waals surface area contributed by atoms with Gasteiger partial charge in [-0.25, -0.2) is 13.8 Å². The van der Waals surface area contributed by atoms with Crippen molar-refractivity contribution in [3.63, 3.8) is 0 Å². The quantitative estimate of drug-likeness (QED) is 0.519. The number of rotatable bonds is 5. The van der Waals surface area contributed by atoms with Gasteiger partial charge in [0.25, 0.3) is 0 Å². The third-order valence-electron chi connectivity index (χ3n) is 3.72. The molecule has 0 aliphatic rings. The summed E-state index contributed by atoms with van der Waals surface area (Å²) in [6.45, 7) is 3.16. The Bertz CT molecular complexity index is 947. The third kappa shape index (κ3) is 3.91. The largest absolute Gasteiger partial charge is 0.333 e. The van der Waals surface area contributed by atoms with Crippen molar-refractivity contribution in [3.05, 3.63) is 53.6 Å². The minimum atomic E-state index is -0.972. The normalized spacial score (nSPS) is 12.2. The highest BCUT2D eigenvalue weighted by atomic mass is 32.2. The van der Waals surface area contributed by atoms with E-state index < -0.39 is 16.9 Å². The Balaban J connectivity index is 1.68. The van der Waals surface area contributed by atoms with Gasteiger partial charge < -0.3 is 10.3 Å². The first kappa shape index (κ1) is 18.1. The van der Waals surface area contributed by atoms with Gasteiger partial charge in [0.1, 0.15) is 0 Å². The highest BCUT2D eigenvalue weighted by Gasteiger charge is 2.17. The van der Waals surface area contributed by atoms with Gasteiger partial charge in [-0.15, -0.1) is 0 Å². The average molecular weight is 375 g/mol. The number of halogens is 2. The summed E-state index contributed by atoms with van der Waals surface area (Å²) in [7, 11) is 0. The molecule has 2 N–H and O–H groups in total. The van der Waals surface area contributed by atoms with E-state index in [-0.39, 0.29) is 11.7 Å². The van der Waals surface area contributed by atoms with Crippen molar-refractivity contribution in [1.82, 2.24) is 9.97 Å². The van der Waals surface area contributed by atoms with Gasteiger partial charge >= 0.3 is 0 Å². The second-order valence-corrected chi connectivity index (χ2v) is 7.04. The molecule has 1 heterocycles. The number of amides is 1. The van der Waals surface area contributed by atoms with Gasteiger partial charge in [-0.05, 0) is 38.1 Å². The van der Waals surface area contributed by atoms with Gasteiger partial charge in [0, 0.05) is 23.4 Å². The van der Waals surface area contributed by atoms with E-state index >= 15 is 0 Å². The van der Waals surface area contributed by atoms with Crippen molar-refractivity contribution in [2.75, 3.05) is 5.32 Å². The summed E-state index contributed by atoms with van der Waals surface area (Å²) in [6.07, 6.45) is 0. The first-order chi connectivity index (χ1) is 12.3. The fourth-order valence-electron chi connectivity index (χ4n) is 2.29. The van der Waals surface area contributed by atoms with Crippen LogP contribution in [0.4, 0.5) is 14.5 Å². The van der Waals surface area contributed by atoms with Crippen LogP contribution < -0.4 is 5.32 Å². The maximum absolute atomic E-state index is 13.3. The molecule has 1 aromatic heterocycles. The zero-order valence-electron chi connectivity index (χ0n) is 14.0. The molecule has 1 unspecified atom stereocenters. The minimum Gasteiger partial charge on any atom is -0.333 e. The van der Waals surface area contributed by atoms with E-state index in [1.54, 1.807) is 31.2 Å². The number of anilines is 1. The molecule has 0 radical (unpaired) electrons. The lowest BCUT2D eigenvalue weighted by Gasteiger charge is -2.10. The first-order valence-electron chi connectivity index (χ1n) is 7.77. The van der Waals surface area contributed by atoms with Gasteiger partial charge in [0.2, 0.25) is 5.91 Å². The minimum absolute atomic E-state index is 0.0513. The number of nitrogens with one attached hydrogen (secondary N) is 2. The molecule has 0 saturated heterocycles. The SMILES string of the molecule is CC(=O)c1ccc(NC(=O)C(C)Sc2nc3cc(F)c(F)cc3[nH]2)cc1. The molecule has 1 amide bonds. The van der Waals surface area contributed by atoms with Crippen LogP contribution in [0.2, 0.25) is 0 Å². The number of thioether (sulfide) groups is 1. The lowest BCUT2D eigenvalue weighted by atomic mass is 10.1. The average Bonchev–Trinajstić information content (AvgIpc) is 2.96. The molecule has 134 valence electrons. The zero-order valence-corrected chi connectivity index (χ0v) is 14.8. The molecule has 8 heteroatoms. The predicted molar refractivity (Wildman–Crippen MR) is 96.4 cm³/mol. The second kappa shape index (κ2) is 7.25. The van der Waals surface area contributed by atoms with E-state index in [4.69, 9.17) is 0 Å². The Kier molecular flexibility index (Phi) is 5.03. The summed E-state index contributed by atoms with van der Waals surface area (Å²) in [5.41, 5.74) is 1.78. The number of aromatic nitrogens is 2. The van der Waals surface area contributed by atoms with Crippen molar-refractivity contribution >= 4 is 40.2 Å². The molecule has 0 spiro atoms. The van der Waals surface area contributed by atoms with E-state index in [1.165, 1.54) is 6.92 Å². The molecule has 0 saturated carbocycles. The zero-order chi connectivity index (χ0) is 18.8. The van der Waals surface area contributed by atoms with Crippen LogP contribution in [-0.4, -0.2) is 26.9 Å². The molecule has 2 aromatic carbocycles. The number of hydrogen-bond donors (Lipinski definition) is 2. The number of benzene rings is 2.